The number of nitrogens with zero attached hydrogens (tertiary/aromatic N) is 2. The number of fused-ring (bicyclic) bond motifs is 1. The summed E-state index contributed by atoms with van der Waals surface area (Å²) >= 11 is 0. The molecule has 210 valence electrons. The molecule has 7 heteroatoms. The molecule has 2 amide bonds. The van der Waals surface area contributed by atoms with E-state index >= 15 is 0 Å². The summed E-state index contributed by atoms with van der Waals surface area (Å²) in [4.78, 5) is 30.8. The van der Waals surface area contributed by atoms with Gasteiger partial charge in [-0.05, 0) is 47.6 Å². The number of hydrogen-bond acceptors (Lipinski definition) is 5. The van der Waals surface area contributed by atoms with Crippen molar-refractivity contribution < 1.29 is 23.8 Å². The minimum absolute atomic E-state index is 0.0719. The van der Waals surface area contributed by atoms with Crippen molar-refractivity contribution in [3.8, 4) is 17.2 Å². The Bertz CT molecular complexity index is 1250. The molecule has 3 aromatic rings. The van der Waals surface area contributed by atoms with Gasteiger partial charge in [0.05, 0.1) is 27.8 Å². The third kappa shape index (κ3) is 5.79. The van der Waals surface area contributed by atoms with Crippen LogP contribution in [-0.4, -0.2) is 68.6 Å². The van der Waals surface area contributed by atoms with E-state index in [4.69, 9.17) is 14.2 Å². The van der Waals surface area contributed by atoms with Crippen molar-refractivity contribution in [3.63, 3.8) is 0 Å². The number of hydrogen-bond donors (Lipinski definition) is 0. The van der Waals surface area contributed by atoms with E-state index in [1.54, 1.807) is 21.3 Å². The number of rotatable bonds is 9. The molecular weight excluding hydrogens is 504 g/mol. The molecule has 2 atom stereocenters. The molecule has 3 aromatic carbocycles. The zero-order valence-electron chi connectivity index (χ0n) is 23.5. The van der Waals surface area contributed by atoms with Crippen LogP contribution in [0.25, 0.3) is 0 Å². The summed E-state index contributed by atoms with van der Waals surface area (Å²) in [5, 5.41) is 0. The van der Waals surface area contributed by atoms with Gasteiger partial charge >= 0.3 is 0 Å². The van der Waals surface area contributed by atoms with E-state index in [1.807, 2.05) is 29.2 Å². The van der Waals surface area contributed by atoms with Gasteiger partial charge in [-0.15, -0.1) is 0 Å². The second kappa shape index (κ2) is 12.5. The van der Waals surface area contributed by atoms with Gasteiger partial charge in [0.25, 0.3) is 0 Å². The van der Waals surface area contributed by atoms with Crippen LogP contribution in [0, 0.1) is 5.92 Å². The second-order valence-corrected chi connectivity index (χ2v) is 10.6. The van der Waals surface area contributed by atoms with Crippen LogP contribution in [0.15, 0.2) is 72.8 Å². The number of benzene rings is 3. The lowest BCUT2D eigenvalue weighted by Crippen LogP contribution is -2.57. The summed E-state index contributed by atoms with van der Waals surface area (Å²) < 4.78 is 16.4. The average molecular weight is 543 g/mol. The van der Waals surface area contributed by atoms with Gasteiger partial charge in [0.2, 0.25) is 17.6 Å². The molecule has 5 rings (SSSR count). The Kier molecular flexibility index (Phi) is 8.58. The molecule has 7 nitrogen and oxygen atoms in total. The molecule has 2 aliphatic rings. The van der Waals surface area contributed by atoms with Crippen molar-refractivity contribution in [1.29, 1.82) is 0 Å². The third-order valence-electron chi connectivity index (χ3n) is 8.36. The Morgan fingerprint density at radius 3 is 2.02 bits per heavy atom. The lowest BCUT2D eigenvalue weighted by Gasteiger charge is -2.48. The molecule has 0 bridgehead atoms. The Morgan fingerprint density at radius 2 is 1.48 bits per heavy atom. The maximum Gasteiger partial charge on any atom is 0.227 e. The zero-order valence-corrected chi connectivity index (χ0v) is 23.5. The minimum atomic E-state index is 0.0719. The number of carbonyl (C=O) groups is 2. The van der Waals surface area contributed by atoms with Crippen molar-refractivity contribution in [2.45, 2.75) is 37.6 Å². The first kappa shape index (κ1) is 27.6. The van der Waals surface area contributed by atoms with Crippen LogP contribution < -0.4 is 14.2 Å². The standard InChI is InChI=1S/C33H38N2O5/c1-38-29-18-23(19-30(39-2)33(29)40-3)20-32(37)34-17-16-28-26(21-34)14-15-31(36)35(28)22-27(24-10-6-4-7-11-24)25-12-8-5-9-13-25/h4-13,18-19,26-28H,14-17,20-22H2,1-3H3/t26-,28+/m1/s1. The van der Waals surface area contributed by atoms with Crippen molar-refractivity contribution in [3.05, 3.63) is 89.5 Å². The van der Waals surface area contributed by atoms with Crippen molar-refractivity contribution in [2.24, 2.45) is 5.92 Å². The van der Waals surface area contributed by atoms with Crippen LogP contribution in [0.3, 0.4) is 0 Å². The Balaban J connectivity index is 1.30. The van der Waals surface area contributed by atoms with Crippen molar-refractivity contribution in [2.75, 3.05) is 41.0 Å². The predicted octanol–water partition coefficient (Wildman–Crippen LogP) is 4.93. The molecule has 0 saturated carbocycles. The maximum absolute atomic E-state index is 13.4. The summed E-state index contributed by atoms with van der Waals surface area (Å²) in [6.07, 6.45) is 2.37. The van der Waals surface area contributed by atoms with Crippen LogP contribution in [0.5, 0.6) is 17.2 Å². The number of carbonyl (C=O) groups excluding carboxylic acids is 2. The maximum atomic E-state index is 13.4. The summed E-state index contributed by atoms with van der Waals surface area (Å²) in [6, 6.07) is 24.7. The number of ether oxygens (including phenoxy) is 3. The highest BCUT2D eigenvalue weighted by Crippen LogP contribution is 2.39. The highest BCUT2D eigenvalue weighted by molar-refractivity contribution is 5.80. The minimum Gasteiger partial charge on any atom is -0.493 e. The summed E-state index contributed by atoms with van der Waals surface area (Å²) in [6.45, 7) is 1.95. The molecule has 40 heavy (non-hydrogen) atoms. The van der Waals surface area contributed by atoms with Crippen LogP contribution in [0.2, 0.25) is 0 Å². The Hall–Kier alpha value is -4.00. The molecule has 0 N–H and O–H groups in total. The SMILES string of the molecule is COc1cc(CC(=O)N2CC[C@H]3[C@H](CCC(=O)N3CC(c3ccccc3)c3ccccc3)C2)cc(OC)c1OC. The molecular formula is C33H38N2O5. The molecule has 2 fully saturated rings. The van der Waals surface area contributed by atoms with Crippen LogP contribution in [0.1, 0.15) is 41.9 Å². The van der Waals surface area contributed by atoms with Gasteiger partial charge in [0.1, 0.15) is 0 Å². The first-order chi connectivity index (χ1) is 19.5. The monoisotopic (exact) mass is 542 g/mol. The van der Waals surface area contributed by atoms with Gasteiger partial charge in [-0.25, -0.2) is 0 Å². The Labute approximate surface area is 236 Å². The zero-order chi connectivity index (χ0) is 28.1. The number of piperidine rings is 2. The topological polar surface area (TPSA) is 68.3 Å². The molecule has 2 heterocycles. The second-order valence-electron chi connectivity index (χ2n) is 10.6. The van der Waals surface area contributed by atoms with Crippen LogP contribution >= 0.6 is 0 Å². The molecule has 2 saturated heterocycles. The highest BCUT2D eigenvalue weighted by Gasteiger charge is 2.41. The fraction of sp³-hybridized carbons (Fsp3) is 0.394. The van der Waals surface area contributed by atoms with E-state index in [-0.39, 0.29) is 36.1 Å². The number of methoxy groups -OCH3 is 3. The van der Waals surface area contributed by atoms with Gasteiger partial charge in [0.15, 0.2) is 11.5 Å². The number of amides is 2. The summed E-state index contributed by atoms with van der Waals surface area (Å²) in [5.74, 6) is 2.25. The number of likely N-dealkylation sites (tertiary alicyclic amines) is 2. The van der Waals surface area contributed by atoms with Gasteiger partial charge < -0.3 is 24.0 Å². The van der Waals surface area contributed by atoms with E-state index in [0.717, 1.165) is 18.4 Å². The average Bonchev–Trinajstić information content (AvgIpc) is 3.00. The Morgan fingerprint density at radius 1 is 0.875 bits per heavy atom. The van der Waals surface area contributed by atoms with E-state index in [1.165, 1.54) is 11.1 Å². The molecule has 0 spiro atoms. The quantitative estimate of drug-likeness (QED) is 0.384. The van der Waals surface area contributed by atoms with Crippen LogP contribution in [0.4, 0.5) is 0 Å². The van der Waals surface area contributed by atoms with E-state index in [2.05, 4.69) is 53.4 Å². The fourth-order valence-electron chi connectivity index (χ4n) is 6.31. The largest absolute Gasteiger partial charge is 0.493 e. The van der Waals surface area contributed by atoms with Gasteiger partial charge in [0, 0.05) is 38.0 Å². The van der Waals surface area contributed by atoms with Gasteiger partial charge in [-0.1, -0.05) is 60.7 Å². The molecule has 0 aliphatic carbocycles. The smallest absolute Gasteiger partial charge is 0.227 e. The van der Waals surface area contributed by atoms with E-state index in [0.29, 0.717) is 43.3 Å². The third-order valence-corrected chi connectivity index (χ3v) is 8.36. The first-order valence-electron chi connectivity index (χ1n) is 14.0. The highest BCUT2D eigenvalue weighted by atomic mass is 16.5. The molecule has 0 radical (unpaired) electrons. The predicted molar refractivity (Wildman–Crippen MR) is 154 cm³/mol. The molecule has 2 aliphatic heterocycles. The fourth-order valence-corrected chi connectivity index (χ4v) is 6.31. The van der Waals surface area contributed by atoms with Gasteiger partial charge in [-0.3, -0.25) is 9.59 Å². The van der Waals surface area contributed by atoms with Crippen LogP contribution in [-0.2, 0) is 16.0 Å². The summed E-state index contributed by atoms with van der Waals surface area (Å²) in [5.41, 5.74) is 3.24. The van der Waals surface area contributed by atoms with E-state index < -0.39 is 0 Å². The lowest BCUT2D eigenvalue weighted by atomic mass is 9.81. The van der Waals surface area contributed by atoms with Gasteiger partial charge in [-0.2, -0.15) is 0 Å². The first-order valence-corrected chi connectivity index (χ1v) is 14.0. The molecule has 0 unspecified atom stereocenters. The van der Waals surface area contributed by atoms with E-state index in [9.17, 15) is 9.59 Å². The van der Waals surface area contributed by atoms with Crippen molar-refractivity contribution >= 4 is 11.8 Å². The molecule has 0 aromatic heterocycles. The summed E-state index contributed by atoms with van der Waals surface area (Å²) in [7, 11) is 4.71. The normalized spacial score (nSPS) is 18.9. The lowest BCUT2D eigenvalue weighted by molar-refractivity contribution is -0.144. The van der Waals surface area contributed by atoms with Crippen molar-refractivity contribution in [1.82, 2.24) is 9.80 Å².